The van der Waals surface area contributed by atoms with Crippen LogP contribution in [0, 0.1) is 6.92 Å². The lowest BCUT2D eigenvalue weighted by Gasteiger charge is -2.35. The van der Waals surface area contributed by atoms with E-state index in [4.69, 9.17) is 0 Å². The number of hydrogen-bond acceptors (Lipinski definition) is 10. The first kappa shape index (κ1) is 47.5. The molecule has 1 fully saturated rings. The number of nitrogens with one attached hydrogen (secondary N) is 2. The van der Waals surface area contributed by atoms with Crippen molar-refractivity contribution < 1.29 is 36.6 Å². The summed E-state index contributed by atoms with van der Waals surface area (Å²) in [4.78, 5) is 17.2. The lowest BCUT2D eigenvalue weighted by atomic mass is 9.95. The maximum Gasteiger partial charge on any atom is 0.501 e. The number of nitrogens with zero attached hydrogens (tertiary/aromatic N) is 3. The molecule has 2 aromatic carbocycles. The number of aromatic carboxylic acids is 1. The van der Waals surface area contributed by atoms with Crippen LogP contribution in [0.4, 0.5) is 24.5 Å². The number of piperazine rings is 1. The number of carboxylic acids is 1. The van der Waals surface area contributed by atoms with Gasteiger partial charge in [0.2, 0.25) is 0 Å². The van der Waals surface area contributed by atoms with E-state index in [-0.39, 0.29) is 21.9 Å². The van der Waals surface area contributed by atoms with E-state index in [0.717, 1.165) is 78.7 Å². The quantitative estimate of drug-likeness (QED) is 0.0764. The van der Waals surface area contributed by atoms with Crippen LogP contribution in [-0.4, -0.2) is 72.3 Å². The van der Waals surface area contributed by atoms with E-state index in [9.17, 15) is 36.6 Å². The molecule has 1 aliphatic carbocycles. The number of sulfone groups is 1. The molecule has 0 bridgehead atoms. The number of aliphatic hydroxyl groups excluding tert-OH is 1. The monoisotopic (exact) mass is 905 g/mol. The summed E-state index contributed by atoms with van der Waals surface area (Å²) >= 11 is 1.97. The molecular weight excluding hydrogens is 856 g/mol. The van der Waals surface area contributed by atoms with E-state index in [2.05, 4.69) is 25.8 Å². The minimum Gasteiger partial charge on any atom is -0.508 e. The minimum atomic E-state index is -5.69. The SMILES string of the molecule is C=C/C=C(\C=C/CN1CCN(c2cccc(-c3c(C(=O)O)c(C)n(C)c3C3=CCC=C(O)C=C3)c2)CC1)NSc1ccc(NSC(/C=C\C=C/C)=C/C)c(S(=O)(=O)C(F)(F)F)c1. The van der Waals surface area contributed by atoms with Crippen molar-refractivity contribution in [1.29, 1.82) is 0 Å². The fraction of sp³-hybridized carbons (Fsp3) is 0.239. The molecule has 0 saturated carbocycles. The molecule has 0 amide bonds. The topological polar surface area (TPSA) is 127 Å². The summed E-state index contributed by atoms with van der Waals surface area (Å²) in [7, 11) is -3.83. The lowest BCUT2D eigenvalue weighted by molar-refractivity contribution is -0.0435. The van der Waals surface area contributed by atoms with E-state index in [0.29, 0.717) is 34.8 Å². The van der Waals surface area contributed by atoms with Gasteiger partial charge in [0.1, 0.15) is 10.7 Å². The Morgan fingerprint density at radius 1 is 1.02 bits per heavy atom. The van der Waals surface area contributed by atoms with Crippen LogP contribution in [0.2, 0.25) is 0 Å². The van der Waals surface area contributed by atoms with Crippen LogP contribution in [0.5, 0.6) is 0 Å². The Labute approximate surface area is 370 Å². The average Bonchev–Trinajstić information content (AvgIpc) is 3.34. The number of anilines is 2. The fourth-order valence-electron chi connectivity index (χ4n) is 6.78. The molecule has 3 aromatic rings. The van der Waals surface area contributed by atoms with Crippen LogP contribution in [0.25, 0.3) is 16.7 Å². The highest BCUT2D eigenvalue weighted by molar-refractivity contribution is 8.04. The van der Waals surface area contributed by atoms with E-state index < -0.39 is 26.2 Å². The van der Waals surface area contributed by atoms with E-state index in [1.165, 1.54) is 12.1 Å². The van der Waals surface area contributed by atoms with Gasteiger partial charge in [-0.2, -0.15) is 13.2 Å². The molecule has 5 rings (SSSR count). The number of hydrogen-bond donors (Lipinski definition) is 4. The van der Waals surface area contributed by atoms with Gasteiger partial charge >= 0.3 is 11.5 Å². The fourth-order valence-corrected chi connectivity index (χ4v) is 9.22. The zero-order valence-corrected chi connectivity index (χ0v) is 37.3. The largest absolute Gasteiger partial charge is 0.508 e. The van der Waals surface area contributed by atoms with Crippen molar-refractivity contribution in [1.82, 2.24) is 14.2 Å². The Balaban J connectivity index is 1.24. The van der Waals surface area contributed by atoms with Crippen molar-refractivity contribution in [3.05, 3.63) is 161 Å². The zero-order valence-electron chi connectivity index (χ0n) is 34.8. The molecule has 1 aliphatic heterocycles. The third-order valence-corrected chi connectivity index (χ3v) is 13.3. The standard InChI is InChI=1S/C46H50F3N5O5S3/c1-6-9-10-20-38(8-3)60-51-40-24-23-39(31-41(40)62(58,59)46(47,48)49)61-50-35(14-7-2)17-13-25-53-26-28-54(29-27-53)36-18-11-16-34(30-36)43-42(45(56)57)32(4)52(5)44(43)33-15-12-19-37(55)22-21-33/h6-11,13-24,30-31,50-51,55H,2,12,25-29H2,1,3-5H3,(H,56,57)/b9-6-,17-13-,20-10-,35-14+,38-8+. The molecular formula is C46H50F3N5O5S3. The minimum absolute atomic E-state index is 0.155. The van der Waals surface area contributed by atoms with Crippen molar-refractivity contribution in [3.63, 3.8) is 0 Å². The van der Waals surface area contributed by atoms with E-state index >= 15 is 0 Å². The Bertz CT molecular complexity index is 2510. The first-order valence-corrected chi connectivity index (χ1v) is 22.7. The first-order chi connectivity index (χ1) is 29.6. The predicted molar refractivity (Wildman–Crippen MR) is 249 cm³/mol. The number of allylic oxidation sites excluding steroid dienone is 13. The molecule has 62 heavy (non-hydrogen) atoms. The summed E-state index contributed by atoms with van der Waals surface area (Å²) in [5.41, 5.74) is -0.282. The second-order valence-electron chi connectivity index (χ2n) is 14.1. The molecule has 10 nitrogen and oxygen atoms in total. The van der Waals surface area contributed by atoms with Crippen molar-refractivity contribution in [2.24, 2.45) is 7.05 Å². The zero-order chi connectivity index (χ0) is 45.0. The van der Waals surface area contributed by atoms with Crippen molar-refractivity contribution in [2.75, 3.05) is 42.3 Å². The number of aromatic nitrogens is 1. The predicted octanol–water partition coefficient (Wildman–Crippen LogP) is 10.9. The molecule has 0 atom stereocenters. The number of halogens is 3. The second-order valence-corrected chi connectivity index (χ2v) is 17.8. The number of rotatable bonds is 17. The third kappa shape index (κ3) is 11.7. The van der Waals surface area contributed by atoms with Crippen LogP contribution in [0.3, 0.4) is 0 Å². The van der Waals surface area contributed by atoms with Crippen LogP contribution in [0.1, 0.15) is 42.0 Å². The van der Waals surface area contributed by atoms with Crippen molar-refractivity contribution in [3.8, 4) is 11.1 Å². The van der Waals surface area contributed by atoms with Gasteiger partial charge in [-0.05, 0) is 129 Å². The van der Waals surface area contributed by atoms with Crippen LogP contribution < -0.4 is 14.3 Å². The van der Waals surface area contributed by atoms with Crippen LogP contribution in [0.15, 0.2) is 154 Å². The summed E-state index contributed by atoms with van der Waals surface area (Å²) in [6, 6.07) is 11.8. The molecule has 0 spiro atoms. The Hall–Kier alpha value is -5.55. The van der Waals surface area contributed by atoms with Gasteiger partial charge in [-0.25, -0.2) is 13.2 Å². The summed E-state index contributed by atoms with van der Waals surface area (Å²) in [5.74, 6) is -0.858. The molecule has 1 saturated heterocycles. The molecule has 1 aromatic heterocycles. The smallest absolute Gasteiger partial charge is 0.501 e. The number of benzene rings is 2. The number of aliphatic hydroxyl groups is 1. The van der Waals surface area contributed by atoms with Gasteiger partial charge in [0.25, 0.3) is 9.84 Å². The average molecular weight is 906 g/mol. The highest BCUT2D eigenvalue weighted by Gasteiger charge is 2.48. The van der Waals surface area contributed by atoms with E-state index in [1.54, 1.807) is 68.5 Å². The van der Waals surface area contributed by atoms with Crippen molar-refractivity contribution >= 4 is 56.7 Å². The number of carboxylic acid groups (broad SMARTS) is 1. The Morgan fingerprint density at radius 2 is 1.77 bits per heavy atom. The van der Waals surface area contributed by atoms with Gasteiger partial charge in [-0.15, -0.1) is 0 Å². The Kier molecular flexibility index (Phi) is 16.5. The molecule has 2 heterocycles. The normalized spacial score (nSPS) is 16.0. The summed E-state index contributed by atoms with van der Waals surface area (Å²) in [5, 5.41) is 20.4. The number of alkyl halides is 3. The lowest BCUT2D eigenvalue weighted by Crippen LogP contribution is -2.46. The van der Waals surface area contributed by atoms with Gasteiger partial charge < -0.3 is 29.1 Å². The maximum absolute atomic E-state index is 13.8. The molecule has 0 unspecified atom stereocenters. The molecule has 0 radical (unpaired) electrons. The van der Waals surface area contributed by atoms with Crippen LogP contribution in [-0.2, 0) is 16.9 Å². The van der Waals surface area contributed by atoms with Crippen LogP contribution >= 0.6 is 23.9 Å². The van der Waals surface area contributed by atoms with Crippen molar-refractivity contribution in [2.45, 2.75) is 42.5 Å². The highest BCUT2D eigenvalue weighted by Crippen LogP contribution is 2.40. The Morgan fingerprint density at radius 3 is 2.45 bits per heavy atom. The van der Waals surface area contributed by atoms with Gasteiger partial charge in [0.15, 0.2) is 0 Å². The summed E-state index contributed by atoms with van der Waals surface area (Å²) in [6.45, 7) is 12.7. The van der Waals surface area contributed by atoms with Gasteiger partial charge in [-0.1, -0.05) is 61.2 Å². The first-order valence-electron chi connectivity index (χ1n) is 19.6. The molecule has 328 valence electrons. The number of carbonyl (C=O) groups is 1. The summed E-state index contributed by atoms with van der Waals surface area (Å²) < 4.78 is 74.5. The molecule has 2 aliphatic rings. The highest BCUT2D eigenvalue weighted by atomic mass is 32.2. The van der Waals surface area contributed by atoms with E-state index in [1.807, 2.05) is 67.1 Å². The summed E-state index contributed by atoms with van der Waals surface area (Å²) in [6.07, 6.45) is 23.5. The molecule has 4 N–H and O–H groups in total. The van der Waals surface area contributed by atoms with Gasteiger partial charge in [0, 0.05) is 72.2 Å². The van der Waals surface area contributed by atoms with Gasteiger partial charge in [-0.3, -0.25) is 4.90 Å². The second kappa shape index (κ2) is 21.5. The van der Waals surface area contributed by atoms with Gasteiger partial charge in [0.05, 0.1) is 16.9 Å². The third-order valence-electron chi connectivity index (χ3n) is 10.1. The maximum atomic E-state index is 13.8. The molecule has 16 heteroatoms.